The summed E-state index contributed by atoms with van der Waals surface area (Å²) in [6.45, 7) is 12.7. The third kappa shape index (κ3) is 3.49. The smallest absolute Gasteiger partial charge is 0.190 e. The van der Waals surface area contributed by atoms with Crippen molar-refractivity contribution in [3.8, 4) is 11.1 Å². The van der Waals surface area contributed by atoms with Gasteiger partial charge in [-0.15, -0.1) is 0 Å². The molecule has 0 aromatic heterocycles. The summed E-state index contributed by atoms with van der Waals surface area (Å²) in [5, 5.41) is 13.4. The normalized spacial score (nSPS) is 27.1. The van der Waals surface area contributed by atoms with Crippen molar-refractivity contribution >= 4 is 33.9 Å². The Kier molecular flexibility index (Phi) is 5.96. The van der Waals surface area contributed by atoms with Crippen molar-refractivity contribution in [1.29, 1.82) is 0 Å². The Labute approximate surface area is 246 Å². The van der Waals surface area contributed by atoms with Gasteiger partial charge in [-0.05, 0) is 85.9 Å². The highest BCUT2D eigenvalue weighted by Gasteiger charge is 2.63. The zero-order valence-electron chi connectivity index (χ0n) is 25.3. The van der Waals surface area contributed by atoms with Gasteiger partial charge in [0.25, 0.3) is 0 Å². The molecule has 0 fully saturated rings. The highest BCUT2D eigenvalue weighted by molar-refractivity contribution is 6.21. The van der Waals surface area contributed by atoms with E-state index in [-0.39, 0.29) is 35.1 Å². The van der Waals surface area contributed by atoms with Crippen molar-refractivity contribution < 1.29 is 24.3 Å². The molecule has 42 heavy (non-hydrogen) atoms. The molecule has 0 saturated carbocycles. The standard InChI is InChI=1S/C37H36O5/c1-19-12-13-27(26-15-14-23(21(3)38)24-10-8-9-11-25(24)26)28-16-35(5)18-36(6)17-29(40)31(22(4)39)34(42)37(36,7)20(2)32(35)33(41)30(19)28/h8-15,42H,16-18H2,1-7H3. The van der Waals surface area contributed by atoms with E-state index in [0.717, 1.165) is 38.6 Å². The third-order valence-electron chi connectivity index (χ3n) is 10.7. The Hall–Kier alpha value is -4.12. The first-order valence-electron chi connectivity index (χ1n) is 14.6. The molecule has 0 bridgehead atoms. The lowest BCUT2D eigenvalue weighted by Gasteiger charge is -2.59. The maximum absolute atomic E-state index is 14.7. The molecule has 3 aromatic rings. The fraction of sp³-hybridized carbons (Fsp3) is 0.351. The lowest BCUT2D eigenvalue weighted by atomic mass is 9.43. The summed E-state index contributed by atoms with van der Waals surface area (Å²) in [6.07, 6.45) is 1.22. The van der Waals surface area contributed by atoms with Crippen LogP contribution in [0.5, 0.6) is 0 Å². The van der Waals surface area contributed by atoms with E-state index in [1.807, 2.05) is 70.2 Å². The lowest BCUT2D eigenvalue weighted by molar-refractivity contribution is -0.127. The van der Waals surface area contributed by atoms with Gasteiger partial charge in [0.1, 0.15) is 5.76 Å². The molecule has 0 heterocycles. The predicted molar refractivity (Wildman–Crippen MR) is 164 cm³/mol. The van der Waals surface area contributed by atoms with Gasteiger partial charge in [-0.25, -0.2) is 0 Å². The summed E-state index contributed by atoms with van der Waals surface area (Å²) >= 11 is 0. The minimum atomic E-state index is -1.02. The van der Waals surface area contributed by atoms with E-state index >= 15 is 0 Å². The number of benzene rings is 3. The Bertz CT molecular complexity index is 1870. The molecule has 214 valence electrons. The molecule has 5 nitrogen and oxygen atoms in total. The minimum absolute atomic E-state index is 0.00221. The van der Waals surface area contributed by atoms with E-state index in [0.29, 0.717) is 29.5 Å². The number of Topliss-reactive ketones (excluding diaryl/α,β-unsaturated/α-hetero) is 4. The van der Waals surface area contributed by atoms with E-state index in [1.165, 1.54) is 6.92 Å². The molecular weight excluding hydrogens is 524 g/mol. The van der Waals surface area contributed by atoms with Gasteiger partial charge >= 0.3 is 0 Å². The Morgan fingerprint density at radius 1 is 0.810 bits per heavy atom. The van der Waals surface area contributed by atoms with Crippen molar-refractivity contribution in [2.24, 2.45) is 16.2 Å². The van der Waals surface area contributed by atoms with Gasteiger partial charge < -0.3 is 5.11 Å². The SMILES string of the molecule is CC(=O)C1=C(O)C2(C)C(C)=C3C(=O)c4c(C)ccc(-c5ccc(C(C)=O)c6ccccc56)c4CC3(C)CC2(C)CC1=O. The van der Waals surface area contributed by atoms with E-state index < -0.39 is 22.0 Å². The maximum atomic E-state index is 14.7. The van der Waals surface area contributed by atoms with E-state index in [9.17, 15) is 24.3 Å². The molecule has 0 amide bonds. The number of carbonyl (C=O) groups is 4. The quantitative estimate of drug-likeness (QED) is 0.260. The van der Waals surface area contributed by atoms with Crippen LogP contribution < -0.4 is 0 Å². The van der Waals surface area contributed by atoms with Crippen LogP contribution in [-0.2, 0) is 16.0 Å². The zero-order valence-corrected chi connectivity index (χ0v) is 25.3. The van der Waals surface area contributed by atoms with Crippen LogP contribution in [0.3, 0.4) is 0 Å². The molecule has 3 aromatic carbocycles. The fourth-order valence-corrected chi connectivity index (χ4v) is 8.64. The number of aliphatic hydroxyl groups excluding tert-OH is 1. The molecule has 5 heteroatoms. The van der Waals surface area contributed by atoms with E-state index in [4.69, 9.17) is 0 Å². The van der Waals surface area contributed by atoms with Gasteiger partial charge in [-0.2, -0.15) is 0 Å². The Balaban J connectivity index is 1.63. The maximum Gasteiger partial charge on any atom is 0.190 e. The van der Waals surface area contributed by atoms with Gasteiger partial charge in [0.2, 0.25) is 0 Å². The second kappa shape index (κ2) is 8.94. The zero-order chi connectivity index (χ0) is 30.5. The molecule has 3 aliphatic carbocycles. The summed E-state index contributed by atoms with van der Waals surface area (Å²) in [5.74, 6) is -1.05. The van der Waals surface area contributed by atoms with Crippen LogP contribution in [0, 0.1) is 23.2 Å². The molecule has 1 N–H and O–H groups in total. The molecule has 0 radical (unpaired) electrons. The third-order valence-corrected chi connectivity index (χ3v) is 10.7. The van der Waals surface area contributed by atoms with Gasteiger partial charge in [-0.1, -0.05) is 68.0 Å². The average Bonchev–Trinajstić information content (AvgIpc) is 2.90. The van der Waals surface area contributed by atoms with E-state index in [2.05, 4.69) is 13.0 Å². The molecule has 0 saturated heterocycles. The number of ketones is 4. The summed E-state index contributed by atoms with van der Waals surface area (Å²) in [6, 6.07) is 15.8. The number of hydrogen-bond acceptors (Lipinski definition) is 5. The van der Waals surface area contributed by atoms with Crippen molar-refractivity contribution in [1.82, 2.24) is 0 Å². The second-order valence-corrected chi connectivity index (χ2v) is 13.4. The number of fused-ring (bicyclic) bond motifs is 4. The number of aryl methyl sites for hydroxylation is 1. The molecule has 3 aliphatic rings. The number of rotatable bonds is 3. The fourth-order valence-electron chi connectivity index (χ4n) is 8.64. The van der Waals surface area contributed by atoms with Crippen LogP contribution in [0.4, 0.5) is 0 Å². The van der Waals surface area contributed by atoms with Gasteiger partial charge in [0, 0.05) is 28.5 Å². The van der Waals surface area contributed by atoms with Crippen molar-refractivity contribution in [3.05, 3.63) is 93.3 Å². The van der Waals surface area contributed by atoms with Gasteiger partial charge in [-0.3, -0.25) is 19.2 Å². The van der Waals surface area contributed by atoms with Crippen LogP contribution in [-0.4, -0.2) is 28.2 Å². The first-order chi connectivity index (χ1) is 19.7. The van der Waals surface area contributed by atoms with Crippen LogP contribution in [0.15, 0.2) is 71.0 Å². The second-order valence-electron chi connectivity index (χ2n) is 13.4. The summed E-state index contributed by atoms with van der Waals surface area (Å²) in [7, 11) is 0. The lowest BCUT2D eigenvalue weighted by Crippen LogP contribution is -2.55. The number of carbonyl (C=O) groups excluding carboxylic acids is 4. The van der Waals surface area contributed by atoms with Crippen LogP contribution >= 0.6 is 0 Å². The topological polar surface area (TPSA) is 88.5 Å². The predicted octanol–water partition coefficient (Wildman–Crippen LogP) is 7.87. The molecule has 0 spiro atoms. The van der Waals surface area contributed by atoms with Crippen molar-refractivity contribution in [3.63, 3.8) is 0 Å². The van der Waals surface area contributed by atoms with Crippen molar-refractivity contribution in [2.45, 2.75) is 67.7 Å². The molecule has 3 atom stereocenters. The highest BCUT2D eigenvalue weighted by Crippen LogP contribution is 2.67. The molecular formula is C37H36O5. The number of allylic oxidation sites excluding steroid dienone is 3. The van der Waals surface area contributed by atoms with Crippen molar-refractivity contribution in [2.75, 3.05) is 0 Å². The minimum Gasteiger partial charge on any atom is -0.510 e. The number of aliphatic hydroxyl groups is 1. The Morgan fingerprint density at radius 3 is 2.10 bits per heavy atom. The average molecular weight is 561 g/mol. The van der Waals surface area contributed by atoms with Crippen LogP contribution in [0.1, 0.15) is 86.2 Å². The molecule has 3 unspecified atom stereocenters. The largest absolute Gasteiger partial charge is 0.510 e. The summed E-state index contributed by atoms with van der Waals surface area (Å²) < 4.78 is 0. The highest BCUT2D eigenvalue weighted by atomic mass is 16.3. The van der Waals surface area contributed by atoms with Crippen LogP contribution in [0.2, 0.25) is 0 Å². The molecule has 6 rings (SSSR count). The van der Waals surface area contributed by atoms with Gasteiger partial charge in [0.15, 0.2) is 23.1 Å². The van der Waals surface area contributed by atoms with Crippen LogP contribution in [0.25, 0.3) is 21.9 Å². The first kappa shape index (κ1) is 28.0. The summed E-state index contributed by atoms with van der Waals surface area (Å²) in [5.41, 5.74) is 4.11. The summed E-state index contributed by atoms with van der Waals surface area (Å²) in [4.78, 5) is 52.7. The molecule has 0 aliphatic heterocycles. The van der Waals surface area contributed by atoms with Gasteiger partial charge in [0.05, 0.1) is 11.0 Å². The number of hydrogen-bond donors (Lipinski definition) is 1. The monoisotopic (exact) mass is 560 g/mol. The van der Waals surface area contributed by atoms with E-state index in [1.54, 1.807) is 6.92 Å². The Morgan fingerprint density at radius 2 is 1.45 bits per heavy atom. The first-order valence-corrected chi connectivity index (χ1v) is 14.6.